The standard InChI is InChI=1S/C22H23Br2N3O4/c1-5-19-15-10-14(6-7-18(15)26-27(19)11(2)3)31-20-16(23)8-13(9-17(20)24)21(28)25-12(4)22(29)30/h6-12H,5H2,1-4H3,(H,25,28)(H,29,30)/t12-/m0/s1. The molecular weight excluding hydrogens is 530 g/mol. The topological polar surface area (TPSA) is 93.4 Å². The number of benzene rings is 2. The quantitative estimate of drug-likeness (QED) is 0.392. The smallest absolute Gasteiger partial charge is 0.325 e. The van der Waals surface area contributed by atoms with E-state index in [0.717, 1.165) is 23.0 Å². The minimum atomic E-state index is -1.10. The van der Waals surface area contributed by atoms with Gasteiger partial charge in [-0.3, -0.25) is 14.3 Å². The molecule has 0 radical (unpaired) electrons. The summed E-state index contributed by atoms with van der Waals surface area (Å²) in [5.41, 5.74) is 2.37. The maximum Gasteiger partial charge on any atom is 0.325 e. The highest BCUT2D eigenvalue weighted by Crippen LogP contribution is 2.39. The normalized spacial score (nSPS) is 12.2. The molecule has 7 nitrogen and oxygen atoms in total. The number of hydrogen-bond donors (Lipinski definition) is 2. The molecule has 2 N–H and O–H groups in total. The van der Waals surface area contributed by atoms with Crippen molar-refractivity contribution >= 4 is 54.6 Å². The van der Waals surface area contributed by atoms with Crippen LogP contribution in [0.3, 0.4) is 0 Å². The van der Waals surface area contributed by atoms with Crippen LogP contribution in [0, 0.1) is 0 Å². The van der Waals surface area contributed by atoms with Crippen molar-refractivity contribution in [1.82, 2.24) is 15.1 Å². The second-order valence-corrected chi connectivity index (χ2v) is 9.13. The molecule has 9 heteroatoms. The lowest BCUT2D eigenvalue weighted by Crippen LogP contribution is -2.38. The molecule has 0 unspecified atom stereocenters. The zero-order chi connectivity index (χ0) is 22.9. The van der Waals surface area contributed by atoms with Crippen LogP contribution in [0.25, 0.3) is 10.9 Å². The van der Waals surface area contributed by atoms with Gasteiger partial charge < -0.3 is 15.2 Å². The lowest BCUT2D eigenvalue weighted by Gasteiger charge is -2.14. The fourth-order valence-electron chi connectivity index (χ4n) is 3.22. The first kappa shape index (κ1) is 23.3. The largest absolute Gasteiger partial charge is 0.480 e. The van der Waals surface area contributed by atoms with Crippen LogP contribution in [0.15, 0.2) is 39.3 Å². The van der Waals surface area contributed by atoms with E-state index in [1.807, 2.05) is 22.9 Å². The summed E-state index contributed by atoms with van der Waals surface area (Å²) in [6.45, 7) is 7.71. The highest BCUT2D eigenvalue weighted by Gasteiger charge is 2.19. The van der Waals surface area contributed by atoms with Gasteiger partial charge in [-0.25, -0.2) is 0 Å². The van der Waals surface area contributed by atoms with Crippen molar-refractivity contribution in [2.75, 3.05) is 0 Å². The van der Waals surface area contributed by atoms with Crippen LogP contribution in [0.4, 0.5) is 0 Å². The third-order valence-electron chi connectivity index (χ3n) is 4.79. The summed E-state index contributed by atoms with van der Waals surface area (Å²) < 4.78 is 9.27. The van der Waals surface area contributed by atoms with E-state index in [1.54, 1.807) is 12.1 Å². The van der Waals surface area contributed by atoms with E-state index in [0.29, 0.717) is 26.0 Å². The molecule has 0 aliphatic heterocycles. The van der Waals surface area contributed by atoms with E-state index in [2.05, 4.69) is 63.0 Å². The van der Waals surface area contributed by atoms with Crippen LogP contribution >= 0.6 is 31.9 Å². The molecule has 1 amide bonds. The summed E-state index contributed by atoms with van der Waals surface area (Å²) in [6, 6.07) is 8.21. The molecule has 0 spiro atoms. The average molecular weight is 553 g/mol. The van der Waals surface area contributed by atoms with Gasteiger partial charge >= 0.3 is 5.97 Å². The fourth-order valence-corrected chi connectivity index (χ4v) is 4.57. The van der Waals surface area contributed by atoms with Gasteiger partial charge in [0.2, 0.25) is 0 Å². The summed E-state index contributed by atoms with van der Waals surface area (Å²) in [4.78, 5) is 23.3. The summed E-state index contributed by atoms with van der Waals surface area (Å²) in [5.74, 6) is -0.438. The highest BCUT2D eigenvalue weighted by molar-refractivity contribution is 9.11. The van der Waals surface area contributed by atoms with Crippen LogP contribution in [-0.4, -0.2) is 32.8 Å². The first-order chi connectivity index (χ1) is 14.6. The van der Waals surface area contributed by atoms with Gasteiger partial charge in [-0.15, -0.1) is 0 Å². The minimum Gasteiger partial charge on any atom is -0.480 e. The minimum absolute atomic E-state index is 0.262. The van der Waals surface area contributed by atoms with Crippen molar-refractivity contribution in [3.63, 3.8) is 0 Å². The van der Waals surface area contributed by atoms with E-state index in [9.17, 15) is 9.59 Å². The molecule has 0 bridgehead atoms. The van der Waals surface area contributed by atoms with Crippen molar-refractivity contribution in [2.24, 2.45) is 0 Å². The van der Waals surface area contributed by atoms with Crippen LogP contribution in [0.1, 0.15) is 49.8 Å². The molecule has 1 aromatic heterocycles. The second-order valence-electron chi connectivity index (χ2n) is 7.42. The highest BCUT2D eigenvalue weighted by atomic mass is 79.9. The van der Waals surface area contributed by atoms with Gasteiger partial charge in [-0.2, -0.15) is 5.10 Å². The molecule has 164 valence electrons. The predicted octanol–water partition coefficient (Wildman–Crippen LogP) is 5.70. The number of halogens is 2. The Labute approximate surface area is 197 Å². The third-order valence-corrected chi connectivity index (χ3v) is 5.97. The number of nitrogens with one attached hydrogen (secondary N) is 1. The molecule has 0 aliphatic rings. The molecule has 0 aliphatic carbocycles. The molecule has 3 rings (SSSR count). The zero-order valence-electron chi connectivity index (χ0n) is 17.6. The maximum absolute atomic E-state index is 12.3. The summed E-state index contributed by atoms with van der Waals surface area (Å²) >= 11 is 6.90. The molecule has 0 saturated heterocycles. The number of rotatable bonds is 7. The number of aliphatic carboxylic acids is 1. The van der Waals surface area contributed by atoms with E-state index in [-0.39, 0.29) is 6.04 Å². The Morgan fingerprint density at radius 3 is 2.35 bits per heavy atom. The van der Waals surface area contributed by atoms with Gasteiger partial charge in [0.05, 0.1) is 14.5 Å². The molecule has 0 fully saturated rings. The lowest BCUT2D eigenvalue weighted by atomic mass is 10.1. The first-order valence-electron chi connectivity index (χ1n) is 9.84. The Morgan fingerprint density at radius 1 is 1.16 bits per heavy atom. The Morgan fingerprint density at radius 2 is 1.81 bits per heavy atom. The molecule has 1 atom stereocenters. The van der Waals surface area contributed by atoms with Crippen molar-refractivity contribution in [2.45, 2.75) is 46.2 Å². The Balaban J connectivity index is 1.91. The average Bonchev–Trinajstić information content (AvgIpc) is 3.08. The number of amides is 1. The summed E-state index contributed by atoms with van der Waals surface area (Å²) in [6.07, 6.45) is 0.851. The van der Waals surface area contributed by atoms with Crippen LogP contribution in [-0.2, 0) is 11.2 Å². The number of aromatic nitrogens is 2. The number of carbonyl (C=O) groups is 2. The van der Waals surface area contributed by atoms with Gasteiger partial charge in [0.15, 0.2) is 5.75 Å². The molecule has 0 saturated carbocycles. The van der Waals surface area contributed by atoms with Crippen LogP contribution in [0.2, 0.25) is 0 Å². The van der Waals surface area contributed by atoms with Crippen molar-refractivity contribution < 1.29 is 19.4 Å². The third kappa shape index (κ3) is 4.93. The molecular formula is C22H23Br2N3O4. The van der Waals surface area contributed by atoms with Gasteiger partial charge in [-0.1, -0.05) is 6.92 Å². The Kier molecular flexibility index (Phi) is 7.06. The Hall–Kier alpha value is -2.39. The van der Waals surface area contributed by atoms with Gasteiger partial charge in [0.1, 0.15) is 11.8 Å². The lowest BCUT2D eigenvalue weighted by molar-refractivity contribution is -0.138. The number of fused-ring (bicyclic) bond motifs is 1. The van der Waals surface area contributed by atoms with Crippen molar-refractivity contribution in [1.29, 1.82) is 0 Å². The summed E-state index contributed by atoms with van der Waals surface area (Å²) in [5, 5.41) is 17.1. The van der Waals surface area contributed by atoms with Gasteiger partial charge in [0, 0.05) is 22.7 Å². The number of carboxylic acids is 1. The monoisotopic (exact) mass is 551 g/mol. The van der Waals surface area contributed by atoms with E-state index in [4.69, 9.17) is 9.84 Å². The zero-order valence-corrected chi connectivity index (χ0v) is 20.7. The van der Waals surface area contributed by atoms with E-state index in [1.165, 1.54) is 6.92 Å². The number of nitrogens with zero attached hydrogens (tertiary/aromatic N) is 2. The number of aryl methyl sites for hydroxylation is 1. The Bertz CT molecular complexity index is 1130. The number of hydrogen-bond acceptors (Lipinski definition) is 4. The van der Waals surface area contributed by atoms with Gasteiger partial charge in [-0.05, 0) is 89.4 Å². The molecule has 31 heavy (non-hydrogen) atoms. The SMILES string of the molecule is CCc1c2cc(Oc3c(Br)cc(C(=O)N[C@@H](C)C(=O)O)cc3Br)ccc2nn1C(C)C. The first-order valence-corrected chi connectivity index (χ1v) is 11.4. The summed E-state index contributed by atoms with van der Waals surface area (Å²) in [7, 11) is 0. The number of carboxylic acid groups (broad SMARTS) is 1. The van der Waals surface area contributed by atoms with Crippen LogP contribution in [0.5, 0.6) is 11.5 Å². The number of ether oxygens (including phenoxy) is 1. The van der Waals surface area contributed by atoms with E-state index < -0.39 is 17.9 Å². The second kappa shape index (κ2) is 9.40. The fraction of sp³-hybridized carbons (Fsp3) is 0.318. The maximum atomic E-state index is 12.3. The van der Waals surface area contributed by atoms with Crippen molar-refractivity contribution in [3.8, 4) is 11.5 Å². The van der Waals surface area contributed by atoms with E-state index >= 15 is 0 Å². The van der Waals surface area contributed by atoms with Crippen molar-refractivity contribution in [3.05, 3.63) is 50.5 Å². The van der Waals surface area contributed by atoms with Crippen LogP contribution < -0.4 is 10.1 Å². The van der Waals surface area contributed by atoms with Gasteiger partial charge in [0.25, 0.3) is 5.91 Å². The molecule has 3 aromatic rings. The predicted molar refractivity (Wildman–Crippen MR) is 126 cm³/mol. The molecule has 1 heterocycles. The number of carbonyl (C=O) groups excluding carboxylic acids is 1. The molecule has 2 aromatic carbocycles.